The van der Waals surface area contributed by atoms with Gasteiger partial charge in [0, 0.05) is 6.54 Å². The smallest absolute Gasteiger partial charge is 0.243 e. The van der Waals surface area contributed by atoms with E-state index in [0.29, 0.717) is 18.7 Å². The number of nitriles is 1. The molecule has 0 aromatic heterocycles. The standard InChI is InChI=1S/C14H16N2O2/c1-3-12(9-15)18-13-7-5-6-11(8-13)10-16-14(17)4-2/h4-8,12H,2-3,10H2,1H3,(H,16,17). The Kier molecular flexibility index (Phi) is 5.46. The molecule has 1 aromatic rings. The number of hydrogen-bond donors (Lipinski definition) is 1. The average Bonchev–Trinajstić information content (AvgIpc) is 2.42. The van der Waals surface area contributed by atoms with Crippen LogP contribution in [0.1, 0.15) is 18.9 Å². The van der Waals surface area contributed by atoms with Gasteiger partial charge in [-0.3, -0.25) is 4.79 Å². The number of hydrogen-bond acceptors (Lipinski definition) is 3. The van der Waals surface area contributed by atoms with Crippen molar-refractivity contribution in [3.63, 3.8) is 0 Å². The second kappa shape index (κ2) is 7.13. The van der Waals surface area contributed by atoms with Crippen LogP contribution in [-0.2, 0) is 11.3 Å². The van der Waals surface area contributed by atoms with Crippen molar-refractivity contribution in [3.8, 4) is 11.8 Å². The minimum Gasteiger partial charge on any atom is -0.476 e. The Morgan fingerprint density at radius 1 is 1.67 bits per heavy atom. The summed E-state index contributed by atoms with van der Waals surface area (Å²) in [4.78, 5) is 11.0. The van der Waals surface area contributed by atoms with E-state index in [4.69, 9.17) is 10.00 Å². The van der Waals surface area contributed by atoms with E-state index in [-0.39, 0.29) is 5.91 Å². The van der Waals surface area contributed by atoms with Crippen molar-refractivity contribution in [2.75, 3.05) is 0 Å². The monoisotopic (exact) mass is 244 g/mol. The number of carbonyl (C=O) groups is 1. The Bertz CT molecular complexity index is 463. The van der Waals surface area contributed by atoms with Crippen LogP contribution in [0.25, 0.3) is 0 Å². The maximum Gasteiger partial charge on any atom is 0.243 e. The predicted octanol–water partition coefficient (Wildman–Crippen LogP) is 2.17. The Labute approximate surface area is 107 Å². The molecule has 0 aliphatic heterocycles. The zero-order valence-electron chi connectivity index (χ0n) is 10.3. The van der Waals surface area contributed by atoms with Crippen LogP contribution in [0.2, 0.25) is 0 Å². The van der Waals surface area contributed by atoms with E-state index in [9.17, 15) is 4.79 Å². The molecule has 0 aliphatic carbocycles. The van der Waals surface area contributed by atoms with Crippen molar-refractivity contribution in [3.05, 3.63) is 42.5 Å². The summed E-state index contributed by atoms with van der Waals surface area (Å²) in [6.45, 7) is 5.68. The molecule has 0 fully saturated rings. The summed E-state index contributed by atoms with van der Waals surface area (Å²) in [6, 6.07) is 9.38. The number of amides is 1. The first-order chi connectivity index (χ1) is 8.69. The first-order valence-corrected chi connectivity index (χ1v) is 5.75. The van der Waals surface area contributed by atoms with Gasteiger partial charge in [-0.1, -0.05) is 25.6 Å². The van der Waals surface area contributed by atoms with Gasteiger partial charge in [-0.15, -0.1) is 0 Å². The molecule has 1 atom stereocenters. The molecule has 1 aromatic carbocycles. The fourth-order valence-electron chi connectivity index (χ4n) is 1.36. The van der Waals surface area contributed by atoms with Crippen molar-refractivity contribution in [1.82, 2.24) is 5.32 Å². The Morgan fingerprint density at radius 2 is 2.44 bits per heavy atom. The van der Waals surface area contributed by atoms with Gasteiger partial charge in [0.1, 0.15) is 11.8 Å². The molecule has 0 saturated carbocycles. The van der Waals surface area contributed by atoms with Crippen molar-refractivity contribution in [2.45, 2.75) is 26.0 Å². The molecule has 1 unspecified atom stereocenters. The molecular formula is C14H16N2O2. The number of ether oxygens (including phenoxy) is 1. The van der Waals surface area contributed by atoms with Crippen LogP contribution in [0.15, 0.2) is 36.9 Å². The van der Waals surface area contributed by atoms with Crippen LogP contribution in [0.5, 0.6) is 5.75 Å². The zero-order chi connectivity index (χ0) is 13.4. The van der Waals surface area contributed by atoms with Gasteiger partial charge in [-0.25, -0.2) is 0 Å². The third-order valence-electron chi connectivity index (χ3n) is 2.34. The highest BCUT2D eigenvalue weighted by molar-refractivity contribution is 5.86. The Balaban J connectivity index is 2.65. The van der Waals surface area contributed by atoms with Crippen LogP contribution < -0.4 is 10.1 Å². The second-order valence-electron chi connectivity index (χ2n) is 3.71. The van der Waals surface area contributed by atoms with E-state index in [1.54, 1.807) is 6.07 Å². The van der Waals surface area contributed by atoms with Gasteiger partial charge in [0.15, 0.2) is 6.10 Å². The van der Waals surface area contributed by atoms with Crippen LogP contribution >= 0.6 is 0 Å². The van der Waals surface area contributed by atoms with Crippen molar-refractivity contribution in [1.29, 1.82) is 5.26 Å². The molecule has 1 rings (SSSR count). The van der Waals surface area contributed by atoms with Gasteiger partial charge in [-0.05, 0) is 30.2 Å². The lowest BCUT2D eigenvalue weighted by Crippen LogP contribution is -2.20. The molecule has 1 amide bonds. The topological polar surface area (TPSA) is 62.1 Å². The summed E-state index contributed by atoms with van der Waals surface area (Å²) in [5, 5.41) is 11.5. The minimum atomic E-state index is -0.442. The maximum absolute atomic E-state index is 11.0. The summed E-state index contributed by atoms with van der Waals surface area (Å²) in [7, 11) is 0. The molecule has 0 heterocycles. The SMILES string of the molecule is C=CC(=O)NCc1cccc(OC(C#N)CC)c1. The molecule has 1 N–H and O–H groups in total. The lowest BCUT2D eigenvalue weighted by atomic mass is 10.2. The number of nitrogens with zero attached hydrogens (tertiary/aromatic N) is 1. The van der Waals surface area contributed by atoms with Gasteiger partial charge >= 0.3 is 0 Å². The van der Waals surface area contributed by atoms with E-state index in [2.05, 4.69) is 18.0 Å². The summed E-state index contributed by atoms with van der Waals surface area (Å²) < 4.78 is 5.49. The number of rotatable bonds is 6. The molecule has 0 radical (unpaired) electrons. The van der Waals surface area contributed by atoms with Gasteiger partial charge in [-0.2, -0.15) is 5.26 Å². The molecule has 0 aliphatic rings. The zero-order valence-corrected chi connectivity index (χ0v) is 10.3. The van der Waals surface area contributed by atoms with E-state index in [1.807, 2.05) is 25.1 Å². The third kappa shape index (κ3) is 4.30. The van der Waals surface area contributed by atoms with Crippen molar-refractivity contribution < 1.29 is 9.53 Å². The first kappa shape index (κ1) is 13.8. The molecule has 0 bridgehead atoms. The van der Waals surface area contributed by atoms with Gasteiger partial charge in [0.2, 0.25) is 5.91 Å². The molecule has 0 spiro atoms. The van der Waals surface area contributed by atoms with Gasteiger partial charge < -0.3 is 10.1 Å². The quantitative estimate of drug-likeness (QED) is 0.780. The van der Waals surface area contributed by atoms with Crippen LogP contribution in [0.3, 0.4) is 0 Å². The van der Waals surface area contributed by atoms with Crippen molar-refractivity contribution >= 4 is 5.91 Å². The highest BCUT2D eigenvalue weighted by atomic mass is 16.5. The lowest BCUT2D eigenvalue weighted by molar-refractivity contribution is -0.116. The van der Waals surface area contributed by atoms with E-state index in [1.165, 1.54) is 6.08 Å². The Morgan fingerprint density at radius 3 is 3.06 bits per heavy atom. The number of benzene rings is 1. The molecule has 18 heavy (non-hydrogen) atoms. The highest BCUT2D eigenvalue weighted by Gasteiger charge is 2.06. The molecule has 94 valence electrons. The molecule has 4 heteroatoms. The fourth-order valence-corrected chi connectivity index (χ4v) is 1.36. The molecular weight excluding hydrogens is 228 g/mol. The summed E-state index contributed by atoms with van der Waals surface area (Å²) in [5.74, 6) is 0.415. The normalized spacial score (nSPS) is 11.1. The minimum absolute atomic E-state index is 0.218. The van der Waals surface area contributed by atoms with E-state index < -0.39 is 6.10 Å². The average molecular weight is 244 g/mol. The van der Waals surface area contributed by atoms with Crippen LogP contribution in [0, 0.1) is 11.3 Å². The maximum atomic E-state index is 11.0. The lowest BCUT2D eigenvalue weighted by Gasteiger charge is -2.11. The molecule has 4 nitrogen and oxygen atoms in total. The van der Waals surface area contributed by atoms with Gasteiger partial charge in [0.25, 0.3) is 0 Å². The molecule has 0 saturated heterocycles. The predicted molar refractivity (Wildman–Crippen MR) is 68.8 cm³/mol. The summed E-state index contributed by atoms with van der Waals surface area (Å²) in [6.07, 6.45) is 1.42. The van der Waals surface area contributed by atoms with Gasteiger partial charge in [0.05, 0.1) is 0 Å². The third-order valence-corrected chi connectivity index (χ3v) is 2.34. The Hall–Kier alpha value is -2.28. The van der Waals surface area contributed by atoms with Crippen LogP contribution in [0.4, 0.5) is 0 Å². The van der Waals surface area contributed by atoms with E-state index in [0.717, 1.165) is 5.56 Å². The number of carbonyl (C=O) groups excluding carboxylic acids is 1. The fraction of sp³-hybridized carbons (Fsp3) is 0.286. The second-order valence-corrected chi connectivity index (χ2v) is 3.71. The summed E-state index contributed by atoms with van der Waals surface area (Å²) in [5.41, 5.74) is 0.912. The van der Waals surface area contributed by atoms with Crippen molar-refractivity contribution in [2.24, 2.45) is 0 Å². The van der Waals surface area contributed by atoms with E-state index >= 15 is 0 Å². The first-order valence-electron chi connectivity index (χ1n) is 5.75. The number of nitrogens with one attached hydrogen (secondary N) is 1. The summed E-state index contributed by atoms with van der Waals surface area (Å²) >= 11 is 0. The largest absolute Gasteiger partial charge is 0.476 e. The van der Waals surface area contributed by atoms with Crippen LogP contribution in [-0.4, -0.2) is 12.0 Å². The highest BCUT2D eigenvalue weighted by Crippen LogP contribution is 2.15.